The van der Waals surface area contributed by atoms with Crippen molar-refractivity contribution in [2.24, 2.45) is 5.92 Å². The Balaban J connectivity index is 1.74. The lowest BCUT2D eigenvalue weighted by atomic mass is 10.3. The molecule has 2 fully saturated rings. The van der Waals surface area contributed by atoms with Crippen LogP contribution in [0.3, 0.4) is 0 Å². The van der Waals surface area contributed by atoms with Crippen molar-refractivity contribution in [3.8, 4) is 0 Å². The van der Waals surface area contributed by atoms with Crippen LogP contribution in [0, 0.1) is 5.92 Å². The highest BCUT2D eigenvalue weighted by Crippen LogP contribution is 2.35. The highest BCUT2D eigenvalue weighted by atomic mass is 79.9. The predicted molar refractivity (Wildman–Crippen MR) is 65.3 cm³/mol. The van der Waals surface area contributed by atoms with Gasteiger partial charge in [0, 0.05) is 23.3 Å². The fourth-order valence-corrected chi connectivity index (χ4v) is 2.35. The molecule has 0 atom stereocenters. The van der Waals surface area contributed by atoms with Gasteiger partial charge in [-0.05, 0) is 53.6 Å². The van der Waals surface area contributed by atoms with E-state index in [-0.39, 0.29) is 5.91 Å². The molecular weight excluding hydrogens is 268 g/mol. The molecule has 0 aliphatic heterocycles. The number of nitrogens with zero attached hydrogens (tertiary/aromatic N) is 1. The minimum atomic E-state index is 0.167. The standard InChI is InChI=1S/C12H15BrN2O/c13-9-5-11(14-6-9)12(16)15(10-3-4-10)7-8-1-2-8/h5-6,8,10,14H,1-4,7H2. The number of aromatic amines is 1. The number of nitrogens with one attached hydrogen (secondary N) is 1. The highest BCUT2D eigenvalue weighted by Gasteiger charge is 2.37. The molecule has 16 heavy (non-hydrogen) atoms. The quantitative estimate of drug-likeness (QED) is 0.906. The van der Waals surface area contributed by atoms with Gasteiger partial charge in [-0.1, -0.05) is 0 Å². The second-order valence-corrected chi connectivity index (χ2v) is 5.78. The van der Waals surface area contributed by atoms with Crippen LogP contribution in [0.25, 0.3) is 0 Å². The third-order valence-electron chi connectivity index (χ3n) is 3.28. The second-order valence-electron chi connectivity index (χ2n) is 4.86. The van der Waals surface area contributed by atoms with E-state index in [2.05, 4.69) is 25.8 Å². The number of hydrogen-bond acceptors (Lipinski definition) is 1. The van der Waals surface area contributed by atoms with Crippen molar-refractivity contribution in [2.45, 2.75) is 31.7 Å². The number of carbonyl (C=O) groups is 1. The summed E-state index contributed by atoms with van der Waals surface area (Å²) in [4.78, 5) is 17.4. The molecule has 3 rings (SSSR count). The molecule has 1 heterocycles. The number of amides is 1. The van der Waals surface area contributed by atoms with Crippen molar-refractivity contribution in [2.75, 3.05) is 6.54 Å². The van der Waals surface area contributed by atoms with Crippen LogP contribution in [0.15, 0.2) is 16.7 Å². The summed E-state index contributed by atoms with van der Waals surface area (Å²) in [6.45, 7) is 0.958. The lowest BCUT2D eigenvalue weighted by Gasteiger charge is -2.21. The Morgan fingerprint density at radius 1 is 1.44 bits per heavy atom. The van der Waals surface area contributed by atoms with Gasteiger partial charge >= 0.3 is 0 Å². The largest absolute Gasteiger partial charge is 0.356 e. The molecule has 86 valence electrons. The summed E-state index contributed by atoms with van der Waals surface area (Å²) in [6, 6.07) is 2.38. The Labute approximate surface area is 103 Å². The van der Waals surface area contributed by atoms with Crippen LogP contribution in [0.1, 0.15) is 36.2 Å². The zero-order valence-corrected chi connectivity index (χ0v) is 10.7. The van der Waals surface area contributed by atoms with E-state index >= 15 is 0 Å². The van der Waals surface area contributed by atoms with E-state index in [1.165, 1.54) is 25.7 Å². The van der Waals surface area contributed by atoms with E-state index in [0.717, 1.165) is 16.9 Å². The van der Waals surface area contributed by atoms with E-state index < -0.39 is 0 Å². The van der Waals surface area contributed by atoms with E-state index in [4.69, 9.17) is 0 Å². The van der Waals surface area contributed by atoms with Gasteiger partial charge in [-0.3, -0.25) is 4.79 Å². The fourth-order valence-electron chi connectivity index (χ4n) is 2.01. The van der Waals surface area contributed by atoms with Crippen LogP contribution in [-0.2, 0) is 0 Å². The van der Waals surface area contributed by atoms with Gasteiger partial charge in [0.1, 0.15) is 5.69 Å². The van der Waals surface area contributed by atoms with Crippen molar-refractivity contribution in [1.29, 1.82) is 0 Å². The van der Waals surface area contributed by atoms with E-state index in [0.29, 0.717) is 11.7 Å². The van der Waals surface area contributed by atoms with Gasteiger partial charge in [-0.25, -0.2) is 0 Å². The minimum absolute atomic E-state index is 0.167. The Hall–Kier alpha value is -0.770. The second kappa shape index (κ2) is 3.91. The molecule has 0 saturated heterocycles. The van der Waals surface area contributed by atoms with Crippen LogP contribution in [0.5, 0.6) is 0 Å². The topological polar surface area (TPSA) is 36.1 Å². The Morgan fingerprint density at radius 2 is 2.19 bits per heavy atom. The molecule has 1 N–H and O–H groups in total. The first kappa shape index (κ1) is 10.4. The molecule has 1 amide bonds. The monoisotopic (exact) mass is 282 g/mol. The molecule has 2 aliphatic carbocycles. The lowest BCUT2D eigenvalue weighted by molar-refractivity contribution is 0.0729. The summed E-state index contributed by atoms with van der Waals surface area (Å²) in [7, 11) is 0. The maximum absolute atomic E-state index is 12.3. The molecule has 0 aromatic carbocycles. The first-order valence-corrected chi connectivity index (χ1v) is 6.68. The number of carbonyl (C=O) groups excluding carboxylic acids is 1. The van der Waals surface area contributed by atoms with E-state index in [1.54, 1.807) is 0 Å². The molecule has 1 aromatic rings. The highest BCUT2D eigenvalue weighted by molar-refractivity contribution is 9.10. The van der Waals surface area contributed by atoms with Crippen LogP contribution in [-0.4, -0.2) is 28.4 Å². The van der Waals surface area contributed by atoms with E-state index in [9.17, 15) is 4.79 Å². The van der Waals surface area contributed by atoms with Gasteiger partial charge < -0.3 is 9.88 Å². The van der Waals surface area contributed by atoms with Crippen molar-refractivity contribution in [1.82, 2.24) is 9.88 Å². The summed E-state index contributed by atoms with van der Waals surface area (Å²) in [5.74, 6) is 0.933. The van der Waals surface area contributed by atoms with Gasteiger partial charge in [-0.2, -0.15) is 0 Å². The smallest absolute Gasteiger partial charge is 0.270 e. The summed E-state index contributed by atoms with van der Waals surface area (Å²) < 4.78 is 0.943. The van der Waals surface area contributed by atoms with Crippen molar-refractivity contribution >= 4 is 21.8 Å². The van der Waals surface area contributed by atoms with Gasteiger partial charge in [0.05, 0.1) is 0 Å². The number of aromatic nitrogens is 1. The average Bonchev–Trinajstić information content (AvgIpc) is 3.15. The van der Waals surface area contributed by atoms with Crippen molar-refractivity contribution in [3.05, 3.63) is 22.4 Å². The van der Waals surface area contributed by atoms with Crippen LogP contribution in [0.2, 0.25) is 0 Å². The van der Waals surface area contributed by atoms with Crippen molar-refractivity contribution < 1.29 is 4.79 Å². The molecule has 4 heteroatoms. The maximum Gasteiger partial charge on any atom is 0.270 e. The van der Waals surface area contributed by atoms with Crippen LogP contribution >= 0.6 is 15.9 Å². The summed E-state index contributed by atoms with van der Waals surface area (Å²) in [6.07, 6.45) is 6.77. The van der Waals surface area contributed by atoms with Gasteiger partial charge in [0.25, 0.3) is 5.91 Å². The first-order valence-electron chi connectivity index (χ1n) is 5.89. The Bertz CT molecular complexity index is 407. The molecule has 0 radical (unpaired) electrons. The van der Waals surface area contributed by atoms with Crippen molar-refractivity contribution in [3.63, 3.8) is 0 Å². The molecule has 2 aliphatic rings. The average molecular weight is 283 g/mol. The maximum atomic E-state index is 12.3. The Kier molecular flexibility index (Phi) is 2.54. The van der Waals surface area contributed by atoms with Gasteiger partial charge in [0.2, 0.25) is 0 Å². The molecule has 2 saturated carbocycles. The lowest BCUT2D eigenvalue weighted by Crippen LogP contribution is -2.35. The molecule has 0 bridgehead atoms. The molecular formula is C12H15BrN2O. The molecule has 1 aromatic heterocycles. The van der Waals surface area contributed by atoms with E-state index in [1.807, 2.05) is 12.3 Å². The molecule has 0 unspecified atom stereocenters. The third-order valence-corrected chi connectivity index (χ3v) is 3.74. The SMILES string of the molecule is O=C(c1cc(Br)c[nH]1)N(CC1CC1)C1CC1. The Morgan fingerprint density at radius 3 is 2.69 bits per heavy atom. The molecule has 3 nitrogen and oxygen atoms in total. The predicted octanol–water partition coefficient (Wildman–Crippen LogP) is 2.79. The third kappa shape index (κ3) is 2.17. The summed E-state index contributed by atoms with van der Waals surface area (Å²) in [5, 5.41) is 0. The number of hydrogen-bond donors (Lipinski definition) is 1. The molecule has 0 spiro atoms. The number of H-pyrrole nitrogens is 1. The minimum Gasteiger partial charge on any atom is -0.356 e. The first-order chi connectivity index (χ1) is 7.74. The number of halogens is 1. The van der Waals surface area contributed by atoms with Gasteiger partial charge in [-0.15, -0.1) is 0 Å². The zero-order valence-electron chi connectivity index (χ0n) is 9.08. The normalized spacial score (nSPS) is 19.8. The fraction of sp³-hybridized carbons (Fsp3) is 0.583. The number of rotatable bonds is 4. The van der Waals surface area contributed by atoms with Crippen LogP contribution in [0.4, 0.5) is 0 Å². The van der Waals surface area contributed by atoms with Gasteiger partial charge in [0.15, 0.2) is 0 Å². The van der Waals surface area contributed by atoms with Crippen LogP contribution < -0.4 is 0 Å². The summed E-state index contributed by atoms with van der Waals surface area (Å²) in [5.41, 5.74) is 0.708. The summed E-state index contributed by atoms with van der Waals surface area (Å²) >= 11 is 3.36. The zero-order chi connectivity index (χ0) is 11.1.